The maximum atomic E-state index is 12.6. The highest BCUT2D eigenvalue weighted by molar-refractivity contribution is 5.89. The van der Waals surface area contributed by atoms with Gasteiger partial charge < -0.3 is 85.9 Å². The van der Waals surface area contributed by atoms with E-state index in [1.807, 2.05) is 11.9 Å². The predicted octanol–water partition coefficient (Wildman–Crippen LogP) is -1.95. The number of ketones is 1. The fraction of sp³-hybridized carbons (Fsp3) is 0.615. The minimum atomic E-state index is -1.86. The van der Waals surface area contributed by atoms with Gasteiger partial charge in [0.2, 0.25) is 5.95 Å². The number of carbonyl (C=O) groups is 3. The quantitative estimate of drug-likeness (QED) is 0.0369. The first-order valence-electron chi connectivity index (χ1n) is 20.3. The zero-order valence-electron chi connectivity index (χ0n) is 34.6. The molecule has 1 aromatic carbocycles. The molecule has 348 valence electrons. The lowest BCUT2D eigenvalue weighted by atomic mass is 9.97. The van der Waals surface area contributed by atoms with Gasteiger partial charge in [0.1, 0.15) is 48.5 Å². The van der Waals surface area contributed by atoms with Crippen molar-refractivity contribution >= 4 is 46.5 Å². The normalized spacial score (nSPS) is 26.0. The molecule has 2 saturated heterocycles. The number of aliphatic hydroxyl groups is 6. The lowest BCUT2D eigenvalue weighted by molar-refractivity contribution is -0.367. The highest BCUT2D eigenvalue weighted by Crippen LogP contribution is 2.31. The number of unbranched alkanes of at least 4 members (excludes halogenated alkanes) is 2. The van der Waals surface area contributed by atoms with Gasteiger partial charge in [0.25, 0.3) is 0 Å². The second-order valence-corrected chi connectivity index (χ2v) is 14.9. The molecule has 24 nitrogen and oxygen atoms in total. The molecule has 4 heterocycles. The first-order chi connectivity index (χ1) is 30.2. The van der Waals surface area contributed by atoms with E-state index < -0.39 is 86.7 Å². The Kier molecular flexibility index (Phi) is 18.4. The number of aromatic nitrogens is 4. The van der Waals surface area contributed by atoms with Gasteiger partial charge in [0.15, 0.2) is 35.7 Å². The SMILES string of the molecule is CN(Cc1cnc2nc(N)nc(N)c2n1)c1ccc(C(=O)OCCCCCC(=O)CCCOCCOC2O[C@@H](CO)[C@@H](O)[C@H](O)[C@@H]2O[C@H]2O[C@H](CO)[C@@H](O)[C@H](OC(N)=O)[C@@H]2O)cc1. The molecule has 10 atom stereocenters. The number of anilines is 3. The van der Waals surface area contributed by atoms with Gasteiger partial charge in [-0.25, -0.2) is 19.6 Å². The van der Waals surface area contributed by atoms with Crippen LogP contribution in [-0.2, 0) is 44.5 Å². The molecule has 2 aliphatic rings. The molecule has 0 bridgehead atoms. The zero-order valence-corrected chi connectivity index (χ0v) is 34.6. The lowest BCUT2D eigenvalue weighted by Gasteiger charge is -2.46. The van der Waals surface area contributed by atoms with Crippen molar-refractivity contribution in [3.63, 3.8) is 0 Å². The lowest BCUT2D eigenvalue weighted by Crippen LogP contribution is -2.65. The van der Waals surface area contributed by atoms with Crippen molar-refractivity contribution in [1.29, 1.82) is 0 Å². The minimum absolute atomic E-state index is 0.0181. The molecular formula is C39H56N8O16. The second-order valence-electron chi connectivity index (χ2n) is 14.9. The Morgan fingerprint density at radius 3 is 2.19 bits per heavy atom. The third kappa shape index (κ3) is 13.5. The van der Waals surface area contributed by atoms with E-state index in [0.29, 0.717) is 61.1 Å². The molecule has 2 aliphatic heterocycles. The molecule has 24 heteroatoms. The molecular weight excluding hydrogens is 836 g/mol. The molecule has 3 aromatic rings. The Morgan fingerprint density at radius 2 is 1.48 bits per heavy atom. The minimum Gasteiger partial charge on any atom is -0.462 e. The summed E-state index contributed by atoms with van der Waals surface area (Å²) in [5.74, 6) is -0.237. The Balaban J connectivity index is 0.938. The van der Waals surface area contributed by atoms with E-state index in [2.05, 4.69) is 19.9 Å². The molecule has 0 spiro atoms. The van der Waals surface area contributed by atoms with E-state index >= 15 is 0 Å². The van der Waals surface area contributed by atoms with Crippen LogP contribution in [0.25, 0.3) is 11.2 Å². The summed E-state index contributed by atoms with van der Waals surface area (Å²) in [4.78, 5) is 55.1. The van der Waals surface area contributed by atoms with Gasteiger partial charge in [0, 0.05) is 32.2 Å². The predicted molar refractivity (Wildman–Crippen MR) is 217 cm³/mol. The van der Waals surface area contributed by atoms with E-state index in [1.54, 1.807) is 30.5 Å². The summed E-state index contributed by atoms with van der Waals surface area (Å²) in [6.07, 6.45) is -12.8. The molecule has 0 radical (unpaired) electrons. The maximum absolute atomic E-state index is 12.6. The van der Waals surface area contributed by atoms with E-state index in [1.165, 1.54) is 0 Å². The topological polar surface area (TPSA) is 370 Å². The third-order valence-corrected chi connectivity index (χ3v) is 10.2. The molecule has 2 aromatic heterocycles. The van der Waals surface area contributed by atoms with Crippen molar-refractivity contribution in [2.24, 2.45) is 5.73 Å². The zero-order chi connectivity index (χ0) is 45.6. The van der Waals surface area contributed by atoms with Gasteiger partial charge in [-0.1, -0.05) is 0 Å². The van der Waals surface area contributed by atoms with Gasteiger partial charge in [-0.15, -0.1) is 0 Å². The maximum Gasteiger partial charge on any atom is 0.404 e. The van der Waals surface area contributed by atoms with E-state index in [4.69, 9.17) is 50.4 Å². The molecule has 1 unspecified atom stereocenters. The van der Waals surface area contributed by atoms with Crippen LogP contribution in [0.15, 0.2) is 30.5 Å². The number of nitrogen functional groups attached to an aromatic ring is 2. The van der Waals surface area contributed by atoms with Crippen LogP contribution >= 0.6 is 0 Å². The van der Waals surface area contributed by atoms with Gasteiger partial charge in [0.05, 0.1) is 57.0 Å². The molecule has 2 fully saturated rings. The Morgan fingerprint density at radius 1 is 0.778 bits per heavy atom. The highest BCUT2D eigenvalue weighted by atomic mass is 16.8. The van der Waals surface area contributed by atoms with Gasteiger partial charge in [-0.05, 0) is 49.9 Å². The monoisotopic (exact) mass is 892 g/mol. The molecule has 63 heavy (non-hydrogen) atoms. The van der Waals surface area contributed by atoms with Crippen LogP contribution in [0, 0.1) is 0 Å². The number of hydrogen-bond acceptors (Lipinski definition) is 23. The number of fused-ring (bicyclic) bond motifs is 1. The Labute approximate surface area is 361 Å². The summed E-state index contributed by atoms with van der Waals surface area (Å²) < 4.78 is 38.1. The van der Waals surface area contributed by atoms with Crippen molar-refractivity contribution in [1.82, 2.24) is 19.9 Å². The van der Waals surface area contributed by atoms with Crippen LogP contribution in [0.3, 0.4) is 0 Å². The molecule has 5 rings (SSSR count). The smallest absolute Gasteiger partial charge is 0.404 e. The third-order valence-electron chi connectivity index (χ3n) is 10.2. The van der Waals surface area contributed by atoms with E-state index in [-0.39, 0.29) is 50.4 Å². The second kappa shape index (κ2) is 23.6. The van der Waals surface area contributed by atoms with Crippen molar-refractivity contribution < 1.29 is 78.2 Å². The van der Waals surface area contributed by atoms with Gasteiger partial charge in [-0.3, -0.25) is 4.79 Å². The average Bonchev–Trinajstić information content (AvgIpc) is 3.26. The van der Waals surface area contributed by atoms with Gasteiger partial charge in [-0.2, -0.15) is 9.97 Å². The average molecular weight is 893 g/mol. The van der Waals surface area contributed by atoms with E-state index in [9.17, 15) is 45.0 Å². The number of carbonyl (C=O) groups excluding carboxylic acids is 3. The summed E-state index contributed by atoms with van der Waals surface area (Å²) in [5.41, 5.74) is 19.1. The van der Waals surface area contributed by atoms with Gasteiger partial charge >= 0.3 is 12.1 Å². The Bertz CT molecular complexity index is 1950. The number of ether oxygens (including phenoxy) is 7. The fourth-order valence-corrected chi connectivity index (χ4v) is 6.85. The Hall–Kier alpha value is -4.99. The fourth-order valence-electron chi connectivity index (χ4n) is 6.85. The summed E-state index contributed by atoms with van der Waals surface area (Å²) in [6.45, 7) is -0.733. The summed E-state index contributed by atoms with van der Waals surface area (Å²) >= 11 is 0. The van der Waals surface area contributed by atoms with Crippen LogP contribution in [0.4, 0.5) is 22.2 Å². The number of benzene rings is 1. The molecule has 0 saturated carbocycles. The number of esters is 1. The van der Waals surface area contributed by atoms with Crippen molar-refractivity contribution in [3.05, 3.63) is 41.7 Å². The van der Waals surface area contributed by atoms with Crippen LogP contribution in [0.2, 0.25) is 0 Å². The number of amides is 1. The first-order valence-corrected chi connectivity index (χ1v) is 20.3. The largest absolute Gasteiger partial charge is 0.462 e. The summed E-state index contributed by atoms with van der Waals surface area (Å²) in [6, 6.07) is 6.95. The number of Topliss-reactive ketones (excluding diaryl/α,β-unsaturated/α-hetero) is 1. The standard InChI is InChI=1S/C39H56N8O16/c1-47(17-21-16-43-34-26(44-21)33(40)45-38(41)46-34)22-10-8-20(9-11-22)35(55)58-13-4-2-3-6-23(50)7-5-12-57-14-15-59-37-32(29(53)27(51)24(18-48)61-37)62-36-30(54)31(63-39(42)56)28(52)25(19-49)60-36/h8-11,16,24-25,27-32,36-37,48-49,51-54H,2-7,12-15,17-19H2,1H3,(H2,42,56)(H4,40,41,43,45,46)/t24-,25+,27+,28+,29-,30-,31-,32-,36+,37?/m0/s1. The molecule has 1 amide bonds. The van der Waals surface area contributed by atoms with Crippen molar-refractivity contribution in [2.75, 3.05) is 63.1 Å². The van der Waals surface area contributed by atoms with Crippen LogP contribution in [-0.4, -0.2) is 177 Å². The summed E-state index contributed by atoms with van der Waals surface area (Å²) in [5, 5.41) is 61.6. The molecule has 12 N–H and O–H groups in total. The molecule has 0 aliphatic carbocycles. The number of nitrogens with zero attached hydrogens (tertiary/aromatic N) is 5. The van der Waals surface area contributed by atoms with Crippen molar-refractivity contribution in [2.45, 2.75) is 106 Å². The van der Waals surface area contributed by atoms with Crippen LogP contribution in [0.5, 0.6) is 0 Å². The van der Waals surface area contributed by atoms with E-state index in [0.717, 1.165) is 5.69 Å². The van der Waals surface area contributed by atoms with Crippen LogP contribution in [0.1, 0.15) is 54.6 Å². The van der Waals surface area contributed by atoms with Crippen molar-refractivity contribution in [3.8, 4) is 0 Å². The number of nitrogens with two attached hydrogens (primary N) is 3. The number of primary amides is 1. The number of rotatable bonds is 23. The summed E-state index contributed by atoms with van der Waals surface area (Å²) in [7, 11) is 1.87. The highest BCUT2D eigenvalue weighted by Gasteiger charge is 2.52. The number of aliphatic hydroxyl groups excluding tert-OH is 6. The first kappa shape index (κ1) is 49.0. The van der Waals surface area contributed by atoms with Crippen LogP contribution < -0.4 is 22.1 Å². The number of hydrogen-bond donors (Lipinski definition) is 9.